The van der Waals surface area contributed by atoms with Crippen molar-refractivity contribution in [1.82, 2.24) is 10.1 Å². The molecule has 2 rings (SSSR count). The molecule has 1 aromatic carbocycles. The van der Waals surface area contributed by atoms with Crippen LogP contribution in [0.1, 0.15) is 22.8 Å². The lowest BCUT2D eigenvalue weighted by molar-refractivity contribution is 0.387. The van der Waals surface area contributed by atoms with Crippen LogP contribution in [-0.2, 0) is 6.54 Å². The molecule has 0 unspecified atom stereocenters. The van der Waals surface area contributed by atoms with E-state index in [4.69, 9.17) is 10.3 Å². The Balaban J connectivity index is 1.99. The Labute approximate surface area is 111 Å². The lowest BCUT2D eigenvalue weighted by atomic mass is 10.1. The zero-order chi connectivity index (χ0) is 13.8. The summed E-state index contributed by atoms with van der Waals surface area (Å²) in [5.41, 5.74) is 9.15. The van der Waals surface area contributed by atoms with E-state index in [0.717, 1.165) is 5.69 Å². The molecule has 0 spiro atoms. The highest BCUT2D eigenvalue weighted by Crippen LogP contribution is 2.13. The minimum Gasteiger partial charge on any atom is -0.370 e. The van der Waals surface area contributed by atoms with Crippen LogP contribution >= 0.6 is 0 Å². The molecule has 2 aromatic rings. The molecule has 0 bridgehead atoms. The van der Waals surface area contributed by atoms with Crippen LogP contribution in [0.25, 0.3) is 0 Å². The zero-order valence-electron chi connectivity index (χ0n) is 11.3. The first kappa shape index (κ1) is 13.1. The Morgan fingerprint density at radius 3 is 2.74 bits per heavy atom. The van der Waals surface area contributed by atoms with Gasteiger partial charge in [0, 0.05) is 12.6 Å². The van der Waals surface area contributed by atoms with Gasteiger partial charge in [0.15, 0.2) is 11.8 Å². The van der Waals surface area contributed by atoms with Gasteiger partial charge in [0.2, 0.25) is 5.89 Å². The van der Waals surface area contributed by atoms with Gasteiger partial charge in [-0.05, 0) is 37.1 Å². The molecule has 6 heteroatoms. The van der Waals surface area contributed by atoms with Crippen molar-refractivity contribution in [2.75, 3.05) is 5.32 Å². The maximum absolute atomic E-state index is 5.80. The molecule has 0 saturated heterocycles. The third-order valence-electron chi connectivity index (χ3n) is 2.74. The molecule has 19 heavy (non-hydrogen) atoms. The van der Waals surface area contributed by atoms with Crippen molar-refractivity contribution >= 4 is 11.6 Å². The van der Waals surface area contributed by atoms with Crippen molar-refractivity contribution in [1.29, 1.82) is 0 Å². The second kappa shape index (κ2) is 5.51. The molecule has 1 heterocycles. The molecule has 0 aliphatic rings. The lowest BCUT2D eigenvalue weighted by Gasteiger charge is -2.07. The SMILES string of the molecule is Cc1nc(CN=C(N)Nc2ccc(C)c(C)c2)no1. The Kier molecular flexibility index (Phi) is 3.79. The molecule has 6 nitrogen and oxygen atoms in total. The van der Waals surface area contributed by atoms with Gasteiger partial charge in [-0.15, -0.1) is 0 Å². The molecule has 3 N–H and O–H groups in total. The second-order valence-corrected chi connectivity index (χ2v) is 4.36. The molecule has 0 amide bonds. The molecule has 0 atom stereocenters. The summed E-state index contributed by atoms with van der Waals surface area (Å²) in [4.78, 5) is 8.20. The van der Waals surface area contributed by atoms with Crippen molar-refractivity contribution in [3.05, 3.63) is 41.0 Å². The highest BCUT2D eigenvalue weighted by Gasteiger charge is 2.02. The number of nitrogens with zero attached hydrogens (tertiary/aromatic N) is 3. The number of aliphatic imine (C=N–C) groups is 1. The van der Waals surface area contributed by atoms with E-state index in [2.05, 4.69) is 34.3 Å². The summed E-state index contributed by atoms with van der Waals surface area (Å²) in [6.45, 7) is 6.14. The van der Waals surface area contributed by atoms with Crippen molar-refractivity contribution in [3.8, 4) is 0 Å². The summed E-state index contributed by atoms with van der Waals surface area (Å²) in [5.74, 6) is 1.36. The summed E-state index contributed by atoms with van der Waals surface area (Å²) >= 11 is 0. The number of rotatable bonds is 3. The fourth-order valence-electron chi connectivity index (χ4n) is 1.57. The van der Waals surface area contributed by atoms with Crippen LogP contribution in [-0.4, -0.2) is 16.1 Å². The summed E-state index contributed by atoms with van der Waals surface area (Å²) in [6, 6.07) is 6.02. The predicted octanol–water partition coefficient (Wildman–Crippen LogP) is 1.92. The summed E-state index contributed by atoms with van der Waals surface area (Å²) in [5, 5.41) is 6.77. The van der Waals surface area contributed by atoms with E-state index >= 15 is 0 Å². The summed E-state index contributed by atoms with van der Waals surface area (Å²) in [7, 11) is 0. The monoisotopic (exact) mass is 259 g/mol. The minimum atomic E-state index is 0.293. The second-order valence-electron chi connectivity index (χ2n) is 4.36. The van der Waals surface area contributed by atoms with Crippen LogP contribution in [0.2, 0.25) is 0 Å². The molecular formula is C13H17N5O. The number of nitrogens with two attached hydrogens (primary N) is 1. The largest absolute Gasteiger partial charge is 0.370 e. The van der Waals surface area contributed by atoms with Crippen LogP contribution < -0.4 is 11.1 Å². The maximum Gasteiger partial charge on any atom is 0.223 e. The van der Waals surface area contributed by atoms with Crippen LogP contribution in [0.15, 0.2) is 27.7 Å². The summed E-state index contributed by atoms with van der Waals surface area (Å²) in [6.07, 6.45) is 0. The first-order valence-corrected chi connectivity index (χ1v) is 5.98. The molecule has 0 fully saturated rings. The minimum absolute atomic E-state index is 0.293. The fourth-order valence-corrected chi connectivity index (χ4v) is 1.57. The third-order valence-corrected chi connectivity index (χ3v) is 2.74. The van der Waals surface area contributed by atoms with Gasteiger partial charge < -0.3 is 15.6 Å². The molecule has 0 saturated carbocycles. The van der Waals surface area contributed by atoms with E-state index < -0.39 is 0 Å². The topological polar surface area (TPSA) is 89.3 Å². The third kappa shape index (κ3) is 3.54. The molecule has 1 aromatic heterocycles. The number of aromatic nitrogens is 2. The predicted molar refractivity (Wildman–Crippen MR) is 73.9 cm³/mol. The van der Waals surface area contributed by atoms with Crippen LogP contribution in [0, 0.1) is 20.8 Å². The average molecular weight is 259 g/mol. The van der Waals surface area contributed by atoms with E-state index in [1.165, 1.54) is 11.1 Å². The molecule has 0 aliphatic carbocycles. The van der Waals surface area contributed by atoms with Crippen molar-refractivity contribution < 1.29 is 4.52 Å². The van der Waals surface area contributed by atoms with Crippen molar-refractivity contribution in [2.45, 2.75) is 27.3 Å². The van der Waals surface area contributed by atoms with Gasteiger partial charge >= 0.3 is 0 Å². The fraction of sp³-hybridized carbons (Fsp3) is 0.308. The quantitative estimate of drug-likeness (QED) is 0.649. The van der Waals surface area contributed by atoms with Crippen molar-refractivity contribution in [3.63, 3.8) is 0 Å². The number of hydrogen-bond acceptors (Lipinski definition) is 4. The van der Waals surface area contributed by atoms with Gasteiger partial charge in [0.1, 0.15) is 6.54 Å². The number of anilines is 1. The number of guanidine groups is 1. The van der Waals surface area contributed by atoms with Crippen LogP contribution in [0.5, 0.6) is 0 Å². The first-order valence-electron chi connectivity index (χ1n) is 5.98. The number of hydrogen-bond donors (Lipinski definition) is 2. The summed E-state index contributed by atoms with van der Waals surface area (Å²) < 4.78 is 4.85. The Morgan fingerprint density at radius 2 is 2.11 bits per heavy atom. The van der Waals surface area contributed by atoms with Gasteiger partial charge in [0.25, 0.3) is 0 Å². The van der Waals surface area contributed by atoms with Gasteiger partial charge in [-0.25, -0.2) is 4.99 Å². The van der Waals surface area contributed by atoms with E-state index in [9.17, 15) is 0 Å². The molecule has 100 valence electrons. The highest BCUT2D eigenvalue weighted by atomic mass is 16.5. The van der Waals surface area contributed by atoms with E-state index in [-0.39, 0.29) is 0 Å². The van der Waals surface area contributed by atoms with Crippen molar-refractivity contribution in [2.24, 2.45) is 10.7 Å². The van der Waals surface area contributed by atoms with E-state index in [1.54, 1.807) is 6.92 Å². The first-order chi connectivity index (χ1) is 9.04. The van der Waals surface area contributed by atoms with E-state index in [0.29, 0.717) is 24.2 Å². The number of nitrogens with one attached hydrogen (secondary N) is 1. The number of benzene rings is 1. The molecule has 0 aliphatic heterocycles. The Bertz CT molecular complexity index is 603. The standard InChI is InChI=1S/C13H17N5O/c1-8-4-5-11(6-9(8)2)17-13(14)15-7-12-16-10(3)19-18-12/h4-6H,7H2,1-3H3,(H3,14,15,17). The van der Waals surface area contributed by atoms with Crippen LogP contribution in [0.4, 0.5) is 5.69 Å². The smallest absolute Gasteiger partial charge is 0.223 e. The van der Waals surface area contributed by atoms with Gasteiger partial charge in [-0.3, -0.25) is 0 Å². The normalized spacial score (nSPS) is 11.6. The Morgan fingerprint density at radius 1 is 1.32 bits per heavy atom. The van der Waals surface area contributed by atoms with Gasteiger partial charge in [0.05, 0.1) is 0 Å². The van der Waals surface area contributed by atoms with Gasteiger partial charge in [-0.1, -0.05) is 11.2 Å². The molecular weight excluding hydrogens is 242 g/mol. The average Bonchev–Trinajstić information content (AvgIpc) is 2.77. The van der Waals surface area contributed by atoms with Gasteiger partial charge in [-0.2, -0.15) is 4.98 Å². The zero-order valence-corrected chi connectivity index (χ0v) is 11.3. The number of aryl methyl sites for hydroxylation is 3. The van der Waals surface area contributed by atoms with E-state index in [1.807, 2.05) is 18.2 Å². The molecule has 0 radical (unpaired) electrons. The Hall–Kier alpha value is -2.37. The highest BCUT2D eigenvalue weighted by molar-refractivity contribution is 5.92. The van der Waals surface area contributed by atoms with Crippen LogP contribution in [0.3, 0.4) is 0 Å². The maximum atomic E-state index is 5.80. The lowest BCUT2D eigenvalue weighted by Crippen LogP contribution is -2.22.